The highest BCUT2D eigenvalue weighted by atomic mass is 35.5. The Bertz CT molecular complexity index is 930. The number of amides is 1. The second-order valence-electron chi connectivity index (χ2n) is 8.62. The Balaban J connectivity index is 1.43. The van der Waals surface area contributed by atoms with Gasteiger partial charge in [0, 0.05) is 32.8 Å². The predicted molar refractivity (Wildman–Crippen MR) is 131 cm³/mol. The lowest BCUT2D eigenvalue weighted by atomic mass is 9.92. The van der Waals surface area contributed by atoms with Crippen LogP contribution in [-0.4, -0.2) is 55.9 Å². The third-order valence-electron chi connectivity index (χ3n) is 5.72. The fraction of sp³-hybridized carbons (Fsp3) is 0.480. The Hall–Kier alpha value is -1.99. The first-order chi connectivity index (χ1) is 15.8. The van der Waals surface area contributed by atoms with E-state index in [1.54, 1.807) is 25.3 Å². The standard InChI is InChI=1S/C25H32Cl2N2O4/c1-18(2)33-21-6-4-5-19(13-21)15-28-24(30)16-29-11-9-25(31-3,10-12-29)17-32-20-7-8-22(26)23(27)14-20/h4-8,13-14,18H,9-12,15-17H2,1-3H3,(H,28,30). The number of hydrogen-bond acceptors (Lipinski definition) is 5. The van der Waals surface area contributed by atoms with E-state index >= 15 is 0 Å². The molecule has 1 N–H and O–H groups in total. The van der Waals surface area contributed by atoms with Gasteiger partial charge in [0.05, 0.1) is 22.7 Å². The van der Waals surface area contributed by atoms with Crippen LogP contribution < -0.4 is 14.8 Å². The fourth-order valence-corrected chi connectivity index (χ4v) is 4.06. The molecule has 0 unspecified atom stereocenters. The minimum atomic E-state index is -0.393. The van der Waals surface area contributed by atoms with Crippen molar-refractivity contribution in [2.45, 2.75) is 44.9 Å². The molecule has 0 atom stereocenters. The second-order valence-corrected chi connectivity index (χ2v) is 9.43. The molecular formula is C25H32Cl2N2O4. The third kappa shape index (κ3) is 7.78. The Labute approximate surface area is 206 Å². The molecule has 2 aromatic carbocycles. The van der Waals surface area contributed by atoms with Gasteiger partial charge in [-0.05, 0) is 56.5 Å². The van der Waals surface area contributed by atoms with Crippen LogP contribution >= 0.6 is 23.2 Å². The van der Waals surface area contributed by atoms with Gasteiger partial charge >= 0.3 is 0 Å². The van der Waals surface area contributed by atoms with Crippen molar-refractivity contribution in [2.24, 2.45) is 0 Å². The van der Waals surface area contributed by atoms with Crippen molar-refractivity contribution < 1.29 is 19.0 Å². The van der Waals surface area contributed by atoms with Gasteiger partial charge in [0.2, 0.25) is 5.91 Å². The second kappa shape index (κ2) is 11.9. The fourth-order valence-electron chi connectivity index (χ4n) is 3.77. The predicted octanol–water partition coefficient (Wildman–Crippen LogP) is 4.96. The van der Waals surface area contributed by atoms with E-state index < -0.39 is 5.60 Å². The van der Waals surface area contributed by atoms with Crippen molar-refractivity contribution in [1.29, 1.82) is 0 Å². The Morgan fingerprint density at radius 2 is 1.85 bits per heavy atom. The number of nitrogens with zero attached hydrogens (tertiary/aromatic N) is 1. The Morgan fingerprint density at radius 1 is 1.09 bits per heavy atom. The molecule has 33 heavy (non-hydrogen) atoms. The number of ether oxygens (including phenoxy) is 3. The SMILES string of the molecule is COC1(COc2ccc(Cl)c(Cl)c2)CCN(CC(=O)NCc2cccc(OC(C)C)c2)CC1. The maximum Gasteiger partial charge on any atom is 0.234 e. The molecule has 1 amide bonds. The van der Waals surface area contributed by atoms with E-state index in [9.17, 15) is 4.79 Å². The van der Waals surface area contributed by atoms with Crippen LogP contribution in [0, 0.1) is 0 Å². The van der Waals surface area contributed by atoms with E-state index in [1.165, 1.54) is 0 Å². The first-order valence-electron chi connectivity index (χ1n) is 11.2. The van der Waals surface area contributed by atoms with Crippen molar-refractivity contribution in [1.82, 2.24) is 10.2 Å². The number of carbonyl (C=O) groups excluding carboxylic acids is 1. The van der Waals surface area contributed by atoms with Crippen LogP contribution in [0.4, 0.5) is 0 Å². The minimum Gasteiger partial charge on any atom is -0.491 e. The maximum atomic E-state index is 12.5. The molecule has 2 aromatic rings. The van der Waals surface area contributed by atoms with E-state index in [0.29, 0.717) is 35.5 Å². The van der Waals surface area contributed by atoms with Crippen molar-refractivity contribution in [3.8, 4) is 11.5 Å². The normalized spacial score (nSPS) is 15.9. The van der Waals surface area contributed by atoms with E-state index in [-0.39, 0.29) is 12.0 Å². The van der Waals surface area contributed by atoms with Crippen LogP contribution in [0.1, 0.15) is 32.3 Å². The molecule has 1 heterocycles. The van der Waals surface area contributed by atoms with Crippen LogP contribution in [0.25, 0.3) is 0 Å². The maximum absolute atomic E-state index is 12.5. The summed E-state index contributed by atoms with van der Waals surface area (Å²) in [6, 6.07) is 13.0. The van der Waals surface area contributed by atoms with E-state index in [4.69, 9.17) is 37.4 Å². The molecule has 8 heteroatoms. The summed E-state index contributed by atoms with van der Waals surface area (Å²) in [5.41, 5.74) is 0.619. The zero-order valence-electron chi connectivity index (χ0n) is 19.4. The summed E-state index contributed by atoms with van der Waals surface area (Å²) in [5, 5.41) is 3.96. The lowest BCUT2D eigenvalue weighted by molar-refractivity contribution is -0.125. The molecule has 0 saturated carbocycles. The van der Waals surface area contributed by atoms with Gasteiger partial charge in [-0.1, -0.05) is 35.3 Å². The zero-order chi connectivity index (χ0) is 23.8. The van der Waals surface area contributed by atoms with Gasteiger partial charge < -0.3 is 19.5 Å². The smallest absolute Gasteiger partial charge is 0.234 e. The largest absolute Gasteiger partial charge is 0.491 e. The molecule has 0 radical (unpaired) electrons. The molecule has 1 aliphatic heterocycles. The van der Waals surface area contributed by atoms with E-state index in [1.807, 2.05) is 38.1 Å². The number of methoxy groups -OCH3 is 1. The summed E-state index contributed by atoms with van der Waals surface area (Å²) in [7, 11) is 1.71. The lowest BCUT2D eigenvalue weighted by Gasteiger charge is -2.40. The number of carbonyl (C=O) groups is 1. The van der Waals surface area contributed by atoms with Gasteiger partial charge in [-0.3, -0.25) is 9.69 Å². The lowest BCUT2D eigenvalue weighted by Crippen LogP contribution is -2.51. The van der Waals surface area contributed by atoms with Gasteiger partial charge in [0.25, 0.3) is 0 Å². The van der Waals surface area contributed by atoms with E-state index in [0.717, 1.165) is 37.2 Å². The molecule has 1 aliphatic rings. The highest BCUT2D eigenvalue weighted by Gasteiger charge is 2.36. The summed E-state index contributed by atoms with van der Waals surface area (Å²) in [6.07, 6.45) is 1.65. The van der Waals surface area contributed by atoms with E-state index in [2.05, 4.69) is 10.2 Å². The molecule has 180 valence electrons. The van der Waals surface area contributed by atoms with Crippen molar-refractivity contribution in [2.75, 3.05) is 33.4 Å². The average molecular weight is 495 g/mol. The number of benzene rings is 2. The Morgan fingerprint density at radius 3 is 2.52 bits per heavy atom. The summed E-state index contributed by atoms with van der Waals surface area (Å²) < 4.78 is 17.5. The van der Waals surface area contributed by atoms with Crippen molar-refractivity contribution in [3.63, 3.8) is 0 Å². The molecule has 1 fully saturated rings. The number of hydrogen-bond donors (Lipinski definition) is 1. The monoisotopic (exact) mass is 494 g/mol. The number of likely N-dealkylation sites (tertiary alicyclic amines) is 1. The highest BCUT2D eigenvalue weighted by Crippen LogP contribution is 2.30. The highest BCUT2D eigenvalue weighted by molar-refractivity contribution is 6.42. The van der Waals surface area contributed by atoms with Gasteiger partial charge in [-0.15, -0.1) is 0 Å². The van der Waals surface area contributed by atoms with Gasteiger partial charge in [0.1, 0.15) is 23.7 Å². The topological polar surface area (TPSA) is 60.0 Å². The molecule has 1 saturated heterocycles. The van der Waals surface area contributed by atoms with Crippen LogP contribution in [0.3, 0.4) is 0 Å². The third-order valence-corrected chi connectivity index (χ3v) is 6.46. The van der Waals surface area contributed by atoms with Crippen molar-refractivity contribution in [3.05, 3.63) is 58.1 Å². The number of rotatable bonds is 10. The van der Waals surface area contributed by atoms with Crippen LogP contribution in [0.15, 0.2) is 42.5 Å². The van der Waals surface area contributed by atoms with Gasteiger partial charge in [0.15, 0.2) is 0 Å². The number of halogens is 2. The summed E-state index contributed by atoms with van der Waals surface area (Å²) in [6.45, 7) is 6.73. The molecule has 0 aliphatic carbocycles. The average Bonchev–Trinajstić information content (AvgIpc) is 2.79. The summed E-state index contributed by atoms with van der Waals surface area (Å²) in [4.78, 5) is 14.6. The molecular weight excluding hydrogens is 463 g/mol. The molecule has 0 bridgehead atoms. The van der Waals surface area contributed by atoms with Crippen molar-refractivity contribution >= 4 is 29.1 Å². The summed E-state index contributed by atoms with van der Waals surface area (Å²) in [5.74, 6) is 1.47. The van der Waals surface area contributed by atoms with Gasteiger partial charge in [-0.25, -0.2) is 0 Å². The van der Waals surface area contributed by atoms with Crippen LogP contribution in [-0.2, 0) is 16.1 Å². The first kappa shape index (κ1) is 25.6. The molecule has 0 spiro atoms. The number of nitrogens with one attached hydrogen (secondary N) is 1. The minimum absolute atomic E-state index is 0.00199. The van der Waals surface area contributed by atoms with Crippen LogP contribution in [0.5, 0.6) is 11.5 Å². The van der Waals surface area contributed by atoms with Gasteiger partial charge in [-0.2, -0.15) is 0 Å². The van der Waals surface area contributed by atoms with Crippen LogP contribution in [0.2, 0.25) is 10.0 Å². The quantitative estimate of drug-likeness (QED) is 0.505. The number of piperidine rings is 1. The first-order valence-corrected chi connectivity index (χ1v) is 11.9. The summed E-state index contributed by atoms with van der Waals surface area (Å²) >= 11 is 12.0. The Kier molecular flexibility index (Phi) is 9.27. The molecule has 6 nitrogen and oxygen atoms in total. The molecule has 0 aromatic heterocycles. The molecule has 3 rings (SSSR count). The zero-order valence-corrected chi connectivity index (χ0v) is 20.9.